The molecule has 0 spiro atoms. The molecule has 1 unspecified atom stereocenters. The van der Waals surface area contributed by atoms with Crippen molar-refractivity contribution in [1.82, 2.24) is 10.6 Å². The second-order valence-electron chi connectivity index (χ2n) is 6.61. The molecule has 26 heavy (non-hydrogen) atoms. The fourth-order valence-corrected chi connectivity index (χ4v) is 4.35. The Morgan fingerprint density at radius 2 is 2.08 bits per heavy atom. The van der Waals surface area contributed by atoms with Crippen molar-refractivity contribution in [2.24, 2.45) is 10.4 Å². The van der Waals surface area contributed by atoms with Gasteiger partial charge in [-0.05, 0) is 31.4 Å². The van der Waals surface area contributed by atoms with Crippen LogP contribution in [0.5, 0.6) is 0 Å². The summed E-state index contributed by atoms with van der Waals surface area (Å²) >= 11 is 0. The van der Waals surface area contributed by atoms with Gasteiger partial charge in [-0.25, -0.2) is 8.42 Å². The molecular formula is C18H29N3O4S. The van der Waals surface area contributed by atoms with Gasteiger partial charge in [-0.1, -0.05) is 18.2 Å². The molecule has 146 valence electrons. The van der Waals surface area contributed by atoms with Crippen LogP contribution < -0.4 is 10.6 Å². The third-order valence-corrected chi connectivity index (χ3v) is 6.48. The van der Waals surface area contributed by atoms with E-state index in [2.05, 4.69) is 15.6 Å². The molecule has 1 aliphatic heterocycles. The van der Waals surface area contributed by atoms with Crippen molar-refractivity contribution in [3.8, 4) is 0 Å². The van der Waals surface area contributed by atoms with E-state index in [4.69, 9.17) is 4.74 Å². The molecule has 1 aliphatic rings. The minimum absolute atomic E-state index is 0.0664. The van der Waals surface area contributed by atoms with Crippen LogP contribution in [0.1, 0.15) is 19.3 Å². The molecule has 3 N–H and O–H groups in total. The van der Waals surface area contributed by atoms with Crippen LogP contribution in [0, 0.1) is 5.41 Å². The van der Waals surface area contributed by atoms with E-state index >= 15 is 0 Å². The van der Waals surface area contributed by atoms with Crippen molar-refractivity contribution in [3.63, 3.8) is 0 Å². The first-order valence-corrected chi connectivity index (χ1v) is 10.6. The predicted molar refractivity (Wildman–Crippen MR) is 102 cm³/mol. The number of nitrogens with one attached hydrogen (secondary N) is 2. The quantitative estimate of drug-likeness (QED) is 0.331. The largest absolute Gasteiger partial charge is 0.396 e. The summed E-state index contributed by atoms with van der Waals surface area (Å²) < 4.78 is 30.0. The van der Waals surface area contributed by atoms with Crippen molar-refractivity contribution in [2.75, 3.05) is 45.7 Å². The average molecular weight is 384 g/mol. The lowest BCUT2D eigenvalue weighted by Crippen LogP contribution is -2.44. The van der Waals surface area contributed by atoms with Crippen LogP contribution in [-0.2, 0) is 14.6 Å². The van der Waals surface area contributed by atoms with E-state index in [-0.39, 0.29) is 17.8 Å². The van der Waals surface area contributed by atoms with Crippen LogP contribution in [0.3, 0.4) is 0 Å². The molecule has 2 rings (SSSR count). The molecule has 0 radical (unpaired) electrons. The fourth-order valence-electron chi connectivity index (χ4n) is 3.02. The Morgan fingerprint density at radius 1 is 1.31 bits per heavy atom. The van der Waals surface area contributed by atoms with Gasteiger partial charge in [0.05, 0.1) is 17.3 Å². The van der Waals surface area contributed by atoms with Gasteiger partial charge in [0.15, 0.2) is 15.8 Å². The lowest BCUT2D eigenvalue weighted by Gasteiger charge is -2.27. The summed E-state index contributed by atoms with van der Waals surface area (Å²) in [5, 5.41) is 15.7. The molecule has 1 fully saturated rings. The van der Waals surface area contributed by atoms with Crippen molar-refractivity contribution < 1.29 is 18.3 Å². The van der Waals surface area contributed by atoms with E-state index in [0.717, 1.165) is 6.42 Å². The van der Waals surface area contributed by atoms with Gasteiger partial charge in [0.25, 0.3) is 0 Å². The first-order chi connectivity index (χ1) is 12.5. The number of aliphatic hydroxyl groups excluding tert-OH is 1. The summed E-state index contributed by atoms with van der Waals surface area (Å²) in [4.78, 5) is 4.53. The van der Waals surface area contributed by atoms with Gasteiger partial charge in [-0.15, -0.1) is 0 Å². The number of ether oxygens (including phenoxy) is 1. The monoisotopic (exact) mass is 383 g/mol. The molecule has 0 aromatic heterocycles. The number of benzene rings is 1. The SMILES string of the molecule is CN=C(NCCCS(=O)(=O)c1ccccc1)NCC1(CCO)CCOC1. The third-order valence-electron chi connectivity index (χ3n) is 4.67. The second-order valence-corrected chi connectivity index (χ2v) is 8.72. The zero-order valence-electron chi connectivity index (χ0n) is 15.3. The first kappa shape index (κ1) is 20.7. The lowest BCUT2D eigenvalue weighted by atomic mass is 9.84. The van der Waals surface area contributed by atoms with Gasteiger partial charge < -0.3 is 20.5 Å². The zero-order valence-corrected chi connectivity index (χ0v) is 16.1. The smallest absolute Gasteiger partial charge is 0.190 e. The summed E-state index contributed by atoms with van der Waals surface area (Å²) in [7, 11) is -1.57. The first-order valence-electron chi connectivity index (χ1n) is 8.92. The zero-order chi connectivity index (χ0) is 18.9. The summed E-state index contributed by atoms with van der Waals surface area (Å²) in [5.41, 5.74) is -0.0664. The second kappa shape index (κ2) is 9.89. The number of hydrogen-bond donors (Lipinski definition) is 3. The summed E-state index contributed by atoms with van der Waals surface area (Å²) in [6.45, 7) is 2.65. The van der Waals surface area contributed by atoms with E-state index in [1.807, 2.05) is 0 Å². The maximum atomic E-state index is 12.2. The Balaban J connectivity index is 1.75. The number of aliphatic imine (C=N–C) groups is 1. The molecule has 1 saturated heterocycles. The van der Waals surface area contributed by atoms with E-state index in [1.54, 1.807) is 37.4 Å². The summed E-state index contributed by atoms with van der Waals surface area (Å²) in [6.07, 6.45) is 2.09. The number of hydrogen-bond acceptors (Lipinski definition) is 5. The van der Waals surface area contributed by atoms with Crippen LogP contribution in [0.25, 0.3) is 0 Å². The molecule has 0 aliphatic carbocycles. The normalized spacial score (nSPS) is 20.9. The number of rotatable bonds is 9. The molecule has 7 nitrogen and oxygen atoms in total. The molecule has 1 aromatic rings. The maximum absolute atomic E-state index is 12.2. The molecule has 8 heteroatoms. The minimum Gasteiger partial charge on any atom is -0.396 e. The van der Waals surface area contributed by atoms with Crippen molar-refractivity contribution in [2.45, 2.75) is 24.2 Å². The molecule has 1 atom stereocenters. The number of nitrogens with zero attached hydrogens (tertiary/aromatic N) is 1. The van der Waals surface area contributed by atoms with Crippen molar-refractivity contribution in [3.05, 3.63) is 30.3 Å². The standard InChI is InChI=1S/C18H29N3O4S/c1-19-17(21-14-18(8-11-22)9-12-25-15-18)20-10-5-13-26(23,24)16-6-3-2-4-7-16/h2-4,6-7,22H,5,8-15H2,1H3,(H2,19,20,21). The van der Waals surface area contributed by atoms with Gasteiger partial charge in [0, 0.05) is 38.8 Å². The molecule has 1 aromatic carbocycles. The Labute approximate surface area is 155 Å². The Hall–Kier alpha value is -1.64. The number of sulfone groups is 1. The Bertz CT molecular complexity index is 671. The van der Waals surface area contributed by atoms with Gasteiger partial charge >= 0.3 is 0 Å². The third kappa shape index (κ3) is 5.96. The van der Waals surface area contributed by atoms with Crippen LogP contribution in [-0.4, -0.2) is 65.2 Å². The van der Waals surface area contributed by atoms with Crippen molar-refractivity contribution in [1.29, 1.82) is 0 Å². The highest BCUT2D eigenvalue weighted by Gasteiger charge is 2.34. The maximum Gasteiger partial charge on any atom is 0.190 e. The molecule has 0 amide bonds. The number of aliphatic hydroxyl groups is 1. The predicted octanol–water partition coefficient (Wildman–Crippen LogP) is 0.804. The number of guanidine groups is 1. The highest BCUT2D eigenvalue weighted by molar-refractivity contribution is 7.91. The van der Waals surface area contributed by atoms with Gasteiger partial charge in [-0.2, -0.15) is 0 Å². The molecule has 0 bridgehead atoms. The van der Waals surface area contributed by atoms with Gasteiger partial charge in [0.2, 0.25) is 0 Å². The van der Waals surface area contributed by atoms with E-state index in [1.165, 1.54) is 0 Å². The summed E-state index contributed by atoms with van der Waals surface area (Å²) in [5.74, 6) is 0.717. The fraction of sp³-hybridized carbons (Fsp3) is 0.611. The highest BCUT2D eigenvalue weighted by Crippen LogP contribution is 2.31. The molecule has 0 saturated carbocycles. The van der Waals surface area contributed by atoms with Crippen LogP contribution in [0.15, 0.2) is 40.2 Å². The highest BCUT2D eigenvalue weighted by atomic mass is 32.2. The average Bonchev–Trinajstić information content (AvgIpc) is 3.11. The molecular weight excluding hydrogens is 354 g/mol. The Kier molecular flexibility index (Phi) is 7.86. The van der Waals surface area contributed by atoms with E-state index < -0.39 is 9.84 Å². The topological polar surface area (TPSA) is 100 Å². The van der Waals surface area contributed by atoms with E-state index in [9.17, 15) is 13.5 Å². The summed E-state index contributed by atoms with van der Waals surface area (Å²) in [6, 6.07) is 8.49. The van der Waals surface area contributed by atoms with Crippen LogP contribution in [0.4, 0.5) is 0 Å². The van der Waals surface area contributed by atoms with Gasteiger partial charge in [0.1, 0.15) is 0 Å². The minimum atomic E-state index is -3.25. The Morgan fingerprint density at radius 3 is 2.69 bits per heavy atom. The lowest BCUT2D eigenvalue weighted by molar-refractivity contribution is 0.127. The van der Waals surface area contributed by atoms with E-state index in [0.29, 0.717) is 50.0 Å². The van der Waals surface area contributed by atoms with Crippen molar-refractivity contribution >= 4 is 15.8 Å². The van der Waals surface area contributed by atoms with Gasteiger partial charge in [-0.3, -0.25) is 4.99 Å². The van der Waals surface area contributed by atoms with Crippen LogP contribution >= 0.6 is 0 Å². The van der Waals surface area contributed by atoms with Crippen LogP contribution in [0.2, 0.25) is 0 Å². The molecule has 1 heterocycles.